The number of amides is 1. The molecule has 0 saturated heterocycles. The van der Waals surface area contributed by atoms with Crippen LogP contribution in [0.2, 0.25) is 0 Å². The first-order chi connectivity index (χ1) is 16.9. The Bertz CT molecular complexity index is 1130. The van der Waals surface area contributed by atoms with Crippen molar-refractivity contribution in [2.75, 3.05) is 17.7 Å². The molecule has 0 aliphatic carbocycles. The molecule has 3 aromatic carbocycles. The normalized spacial score (nSPS) is 12.3. The van der Waals surface area contributed by atoms with Crippen molar-refractivity contribution in [3.05, 3.63) is 86.4 Å². The van der Waals surface area contributed by atoms with Crippen LogP contribution in [-0.2, 0) is 14.3 Å². The molecule has 0 heterocycles. The molecule has 0 aliphatic heterocycles. The molecule has 0 bridgehead atoms. The number of hydrogen-bond donors (Lipinski definition) is 3. The summed E-state index contributed by atoms with van der Waals surface area (Å²) in [6.07, 6.45) is -2.35. The number of halogens is 2. The van der Waals surface area contributed by atoms with Gasteiger partial charge in [0.05, 0.1) is 12.4 Å². The van der Waals surface area contributed by atoms with E-state index in [1.54, 1.807) is 48.5 Å². The van der Waals surface area contributed by atoms with Gasteiger partial charge in [-0.3, -0.25) is 10.1 Å². The van der Waals surface area contributed by atoms with E-state index in [0.29, 0.717) is 17.0 Å². The molecule has 2 atom stereocenters. The van der Waals surface area contributed by atoms with Crippen LogP contribution in [0, 0.1) is 3.57 Å². The molecule has 1 amide bonds. The van der Waals surface area contributed by atoms with E-state index < -0.39 is 24.3 Å². The Balaban J connectivity index is 1.90. The molecule has 3 rings (SSSR count). The third kappa shape index (κ3) is 8.62. The first-order valence-electron chi connectivity index (χ1n) is 10.6. The Kier molecular flexibility index (Phi) is 10.5. The number of phenols is 1. The molecule has 0 saturated carbocycles. The van der Waals surface area contributed by atoms with E-state index in [1.807, 2.05) is 18.2 Å². The highest BCUT2D eigenvalue weighted by molar-refractivity contribution is 14.1. The molecule has 2 N–H and O–H groups in total. The van der Waals surface area contributed by atoms with Crippen LogP contribution in [0.5, 0.6) is 11.5 Å². The van der Waals surface area contributed by atoms with E-state index >= 15 is 0 Å². The topological polar surface area (TPSA) is 94.1 Å². The van der Waals surface area contributed by atoms with E-state index in [4.69, 9.17) is 14.2 Å². The fourth-order valence-corrected chi connectivity index (χ4v) is 4.04. The number of carbonyl (C=O) groups excluding carboxylic acids is 2. The van der Waals surface area contributed by atoms with Gasteiger partial charge in [0, 0.05) is 25.7 Å². The second-order valence-corrected chi connectivity index (χ2v) is 9.78. The van der Waals surface area contributed by atoms with Crippen molar-refractivity contribution in [3.8, 4) is 11.5 Å². The zero-order valence-electron chi connectivity index (χ0n) is 18.4. The number of thiol groups is 1. The molecule has 0 radical (unpaired) electrons. The Labute approximate surface area is 230 Å². The number of hydrogen-bond acceptors (Lipinski definition) is 7. The number of esters is 1. The highest BCUT2D eigenvalue weighted by atomic mass is 127. The first-order valence-corrected chi connectivity index (χ1v) is 13.1. The van der Waals surface area contributed by atoms with Crippen LogP contribution >= 0.6 is 51.1 Å². The summed E-state index contributed by atoms with van der Waals surface area (Å²) < 4.78 is 18.9. The summed E-state index contributed by atoms with van der Waals surface area (Å²) in [5.74, 6) is -0.0579. The van der Waals surface area contributed by atoms with Crippen LogP contribution in [0.4, 0.5) is 10.5 Å². The summed E-state index contributed by atoms with van der Waals surface area (Å²) >= 11 is 9.39. The third-order valence-electron chi connectivity index (χ3n) is 4.78. The number of anilines is 1. The van der Waals surface area contributed by atoms with Gasteiger partial charge >= 0.3 is 12.1 Å². The van der Waals surface area contributed by atoms with Gasteiger partial charge in [0.1, 0.15) is 17.6 Å². The molecule has 7 nitrogen and oxygen atoms in total. The number of ether oxygens (including phenoxy) is 3. The van der Waals surface area contributed by atoms with Gasteiger partial charge in [0.2, 0.25) is 0 Å². The second-order valence-electron chi connectivity index (χ2n) is 7.30. The fraction of sp³-hybridized carbons (Fsp3) is 0.200. The van der Waals surface area contributed by atoms with Gasteiger partial charge in [-0.1, -0.05) is 34.1 Å². The Hall–Kier alpha value is -2.44. The highest BCUT2D eigenvalue weighted by Crippen LogP contribution is 2.34. The number of nitrogens with one attached hydrogen (secondary N) is 1. The first kappa shape index (κ1) is 27.2. The molecule has 0 unspecified atom stereocenters. The van der Waals surface area contributed by atoms with E-state index in [0.717, 1.165) is 8.04 Å². The Morgan fingerprint density at radius 2 is 1.77 bits per heavy atom. The average molecular weight is 672 g/mol. The van der Waals surface area contributed by atoms with Crippen molar-refractivity contribution in [1.82, 2.24) is 0 Å². The van der Waals surface area contributed by atoms with Gasteiger partial charge < -0.3 is 19.3 Å². The number of para-hydroxylation sites is 1. The smallest absolute Gasteiger partial charge is 0.412 e. The van der Waals surface area contributed by atoms with Gasteiger partial charge in [0.15, 0.2) is 6.10 Å². The van der Waals surface area contributed by atoms with Gasteiger partial charge in [-0.05, 0) is 77.2 Å². The van der Waals surface area contributed by atoms with Gasteiger partial charge in [-0.25, -0.2) is 4.79 Å². The standard InChI is InChI=1S/C25H23BrINO6S/c26-16-6-9-18(10-7-16)28-25(31)34-24(20-14-17(27)8-11-21(20)29)22(12-13-32-23(30)15-35)33-19-4-2-1-3-5-19/h1-11,14,22,24,29,35H,12-13,15H2,(H,28,31)/t22-,24-/m1/s1. The molecular weight excluding hydrogens is 649 g/mol. The maximum atomic E-state index is 12.9. The van der Waals surface area contributed by atoms with Crippen molar-refractivity contribution in [2.45, 2.75) is 18.6 Å². The zero-order valence-corrected chi connectivity index (χ0v) is 23.0. The Morgan fingerprint density at radius 3 is 2.46 bits per heavy atom. The van der Waals surface area contributed by atoms with E-state index in [1.165, 1.54) is 6.07 Å². The molecule has 0 aliphatic rings. The summed E-state index contributed by atoms with van der Waals surface area (Å²) in [5.41, 5.74) is 0.899. The molecule has 10 heteroatoms. The predicted molar refractivity (Wildman–Crippen MR) is 148 cm³/mol. The van der Waals surface area contributed by atoms with Crippen molar-refractivity contribution in [3.63, 3.8) is 0 Å². The lowest BCUT2D eigenvalue weighted by Gasteiger charge is -2.29. The SMILES string of the molecule is O=C(CS)OCC[C@@H](Oc1ccccc1)[C@H](OC(=O)Nc1ccc(Br)cc1)c1cc(I)ccc1O. The molecule has 0 fully saturated rings. The molecule has 0 spiro atoms. The fourth-order valence-electron chi connectivity index (χ4n) is 3.17. The van der Waals surface area contributed by atoms with Gasteiger partial charge in [-0.2, -0.15) is 12.6 Å². The summed E-state index contributed by atoms with van der Waals surface area (Å²) in [6.45, 7) is 0.00969. The van der Waals surface area contributed by atoms with Gasteiger partial charge in [-0.15, -0.1) is 0 Å². The lowest BCUT2D eigenvalue weighted by molar-refractivity contribution is -0.141. The molecule has 35 heavy (non-hydrogen) atoms. The van der Waals surface area contributed by atoms with Crippen molar-refractivity contribution < 1.29 is 28.9 Å². The van der Waals surface area contributed by atoms with Crippen LogP contribution in [0.3, 0.4) is 0 Å². The molecule has 184 valence electrons. The van der Waals surface area contributed by atoms with Crippen LogP contribution in [-0.4, -0.2) is 35.6 Å². The largest absolute Gasteiger partial charge is 0.508 e. The van der Waals surface area contributed by atoms with Gasteiger partial charge in [0.25, 0.3) is 0 Å². The number of benzene rings is 3. The van der Waals surface area contributed by atoms with E-state index in [-0.39, 0.29) is 24.5 Å². The van der Waals surface area contributed by atoms with E-state index in [2.05, 4.69) is 56.5 Å². The predicted octanol–water partition coefficient (Wildman–Crippen LogP) is 6.36. The summed E-state index contributed by atoms with van der Waals surface area (Å²) in [5, 5.41) is 13.3. The maximum Gasteiger partial charge on any atom is 0.412 e. The highest BCUT2D eigenvalue weighted by Gasteiger charge is 2.32. The summed E-state index contributed by atoms with van der Waals surface area (Å²) in [4.78, 5) is 24.5. The average Bonchev–Trinajstić information content (AvgIpc) is 2.85. The van der Waals surface area contributed by atoms with Crippen LogP contribution in [0.25, 0.3) is 0 Å². The van der Waals surface area contributed by atoms with Crippen molar-refractivity contribution in [1.29, 1.82) is 0 Å². The number of phenolic OH excluding ortho intramolecular Hbond substituents is 1. The molecule has 3 aromatic rings. The quantitative estimate of drug-likeness (QED) is 0.132. The van der Waals surface area contributed by atoms with Crippen molar-refractivity contribution in [2.24, 2.45) is 0 Å². The van der Waals surface area contributed by atoms with Crippen molar-refractivity contribution >= 4 is 68.9 Å². The maximum absolute atomic E-state index is 12.9. The lowest BCUT2D eigenvalue weighted by atomic mass is 10.0. The molecular formula is C25H23BrINO6S. The number of rotatable bonds is 10. The minimum atomic E-state index is -1.02. The van der Waals surface area contributed by atoms with E-state index in [9.17, 15) is 14.7 Å². The minimum absolute atomic E-state index is 0.00969. The third-order valence-corrected chi connectivity index (χ3v) is 6.24. The Morgan fingerprint density at radius 1 is 1.06 bits per heavy atom. The van der Waals surface area contributed by atoms with Crippen LogP contribution < -0.4 is 10.1 Å². The number of carbonyl (C=O) groups is 2. The monoisotopic (exact) mass is 671 g/mol. The van der Waals surface area contributed by atoms with Crippen LogP contribution in [0.15, 0.2) is 77.3 Å². The lowest BCUT2D eigenvalue weighted by Crippen LogP contribution is -2.32. The minimum Gasteiger partial charge on any atom is -0.508 e. The molecule has 0 aromatic heterocycles. The number of aromatic hydroxyl groups is 1. The second kappa shape index (κ2) is 13.6. The van der Waals surface area contributed by atoms with Crippen LogP contribution in [0.1, 0.15) is 18.1 Å². The summed E-state index contributed by atoms with van der Waals surface area (Å²) in [6, 6.07) is 21.0. The zero-order chi connectivity index (χ0) is 25.2. The summed E-state index contributed by atoms with van der Waals surface area (Å²) in [7, 11) is 0.